The quantitative estimate of drug-likeness (QED) is 0.564. The maximum atomic E-state index is 10.8. The van der Waals surface area contributed by atoms with E-state index in [1.165, 1.54) is 19.2 Å². The van der Waals surface area contributed by atoms with Crippen LogP contribution in [0.4, 0.5) is 5.69 Å². The average Bonchev–Trinajstić information content (AvgIpc) is 2.49. The van der Waals surface area contributed by atoms with E-state index in [-0.39, 0.29) is 17.8 Å². The van der Waals surface area contributed by atoms with Gasteiger partial charge in [-0.15, -0.1) is 0 Å². The Morgan fingerprint density at radius 1 is 1.40 bits per heavy atom. The highest BCUT2D eigenvalue weighted by Gasteiger charge is 2.25. The topological polar surface area (TPSA) is 84.6 Å². The molecule has 0 amide bonds. The Balaban J connectivity index is 2.95. The normalized spacial score (nSPS) is 11.4. The van der Waals surface area contributed by atoms with Crippen LogP contribution in [0.2, 0.25) is 0 Å². The molecule has 20 heavy (non-hydrogen) atoms. The summed E-state index contributed by atoms with van der Waals surface area (Å²) in [6.45, 7) is 4.43. The molecule has 0 saturated heterocycles. The van der Waals surface area contributed by atoms with E-state index >= 15 is 0 Å². The van der Waals surface area contributed by atoms with Gasteiger partial charge in [0.05, 0.1) is 18.6 Å². The fraction of sp³-hybridized carbons (Fsp3) is 0.571. The number of nitrogens with one attached hydrogen (secondary N) is 1. The lowest BCUT2D eigenvalue weighted by molar-refractivity contribution is -0.384. The van der Waals surface area contributed by atoms with Gasteiger partial charge in [-0.25, -0.2) is 0 Å². The van der Waals surface area contributed by atoms with Crippen molar-refractivity contribution in [2.45, 2.75) is 38.8 Å². The number of nitro groups is 1. The summed E-state index contributed by atoms with van der Waals surface area (Å²) < 4.78 is 5.22. The van der Waals surface area contributed by atoms with Crippen LogP contribution >= 0.6 is 0 Å². The summed E-state index contributed by atoms with van der Waals surface area (Å²) in [5.41, 5.74) is 0.377. The van der Waals surface area contributed by atoms with Crippen LogP contribution in [0.25, 0.3) is 0 Å². The second-order valence-corrected chi connectivity index (χ2v) is 4.75. The number of aliphatic hydroxyl groups excluding tert-OH is 1. The molecular weight excluding hydrogens is 260 g/mol. The van der Waals surface area contributed by atoms with Gasteiger partial charge in [-0.1, -0.05) is 13.8 Å². The summed E-state index contributed by atoms with van der Waals surface area (Å²) in [4.78, 5) is 10.4. The first-order valence-electron chi connectivity index (χ1n) is 6.69. The highest BCUT2D eigenvalue weighted by atomic mass is 16.6. The van der Waals surface area contributed by atoms with Gasteiger partial charge in [0.25, 0.3) is 5.69 Å². The Morgan fingerprint density at radius 3 is 2.50 bits per heavy atom. The van der Waals surface area contributed by atoms with E-state index in [2.05, 4.69) is 5.32 Å². The number of methoxy groups -OCH3 is 1. The second-order valence-electron chi connectivity index (χ2n) is 4.75. The molecule has 0 spiro atoms. The summed E-state index contributed by atoms with van der Waals surface area (Å²) in [6.07, 6.45) is 1.55. The van der Waals surface area contributed by atoms with Crippen LogP contribution in [0.5, 0.6) is 5.75 Å². The molecule has 0 fully saturated rings. The Morgan fingerprint density at radius 2 is 2.05 bits per heavy atom. The maximum Gasteiger partial charge on any atom is 0.270 e. The minimum Gasteiger partial charge on any atom is -0.496 e. The van der Waals surface area contributed by atoms with Crippen molar-refractivity contribution < 1.29 is 14.8 Å². The molecule has 1 aromatic carbocycles. The monoisotopic (exact) mass is 282 g/mol. The van der Waals surface area contributed by atoms with Gasteiger partial charge in [0.1, 0.15) is 5.75 Å². The van der Waals surface area contributed by atoms with Gasteiger partial charge in [-0.3, -0.25) is 10.1 Å². The van der Waals surface area contributed by atoms with Crippen LogP contribution in [0.3, 0.4) is 0 Å². The summed E-state index contributed by atoms with van der Waals surface area (Å²) >= 11 is 0. The van der Waals surface area contributed by atoms with Crippen molar-refractivity contribution in [3.63, 3.8) is 0 Å². The highest BCUT2D eigenvalue weighted by molar-refractivity contribution is 5.43. The summed E-state index contributed by atoms with van der Waals surface area (Å²) in [5.74, 6) is 0.599. The third-order valence-corrected chi connectivity index (χ3v) is 3.78. The van der Waals surface area contributed by atoms with Crippen molar-refractivity contribution in [1.82, 2.24) is 5.32 Å². The van der Waals surface area contributed by atoms with Gasteiger partial charge in [0.2, 0.25) is 0 Å². The van der Waals surface area contributed by atoms with Gasteiger partial charge in [0, 0.05) is 29.8 Å². The van der Waals surface area contributed by atoms with Crippen LogP contribution in [-0.4, -0.2) is 29.3 Å². The minimum atomic E-state index is -0.429. The first-order valence-corrected chi connectivity index (χ1v) is 6.69. The number of benzene rings is 1. The molecule has 0 unspecified atom stereocenters. The summed E-state index contributed by atoms with van der Waals surface area (Å²) in [6, 6.07) is 4.51. The van der Waals surface area contributed by atoms with E-state index < -0.39 is 4.92 Å². The molecule has 0 radical (unpaired) electrons. The Kier molecular flexibility index (Phi) is 5.91. The first-order chi connectivity index (χ1) is 9.51. The van der Waals surface area contributed by atoms with Crippen molar-refractivity contribution >= 4 is 5.69 Å². The molecule has 112 valence electrons. The Labute approximate surface area is 118 Å². The minimum absolute atomic E-state index is 0.0250. The predicted octanol–water partition coefficient (Wildman–Crippen LogP) is 2.24. The molecule has 0 heterocycles. The van der Waals surface area contributed by atoms with E-state index in [9.17, 15) is 15.2 Å². The van der Waals surface area contributed by atoms with Gasteiger partial charge in [-0.05, 0) is 18.9 Å². The summed E-state index contributed by atoms with van der Waals surface area (Å²) in [5, 5.41) is 23.6. The lowest BCUT2D eigenvalue weighted by atomic mass is 9.93. The van der Waals surface area contributed by atoms with E-state index in [1.54, 1.807) is 6.07 Å². The smallest absolute Gasteiger partial charge is 0.270 e. The van der Waals surface area contributed by atoms with Crippen LogP contribution in [0.1, 0.15) is 32.3 Å². The van der Waals surface area contributed by atoms with E-state index in [0.717, 1.165) is 12.8 Å². The molecule has 6 heteroatoms. The number of hydrogen-bond acceptors (Lipinski definition) is 5. The highest BCUT2D eigenvalue weighted by Crippen LogP contribution is 2.25. The standard InChI is InChI=1S/C14H22N2O4/c1-4-14(5-2,10-17)15-9-11-8-12(16(18)19)6-7-13(11)20-3/h6-8,15,17H,4-5,9-10H2,1-3H3. The van der Waals surface area contributed by atoms with Crippen LogP contribution < -0.4 is 10.1 Å². The molecule has 0 aliphatic rings. The van der Waals surface area contributed by atoms with Crippen LogP contribution in [0, 0.1) is 10.1 Å². The largest absolute Gasteiger partial charge is 0.496 e. The van der Waals surface area contributed by atoms with Crippen molar-refractivity contribution in [2.24, 2.45) is 0 Å². The molecule has 1 rings (SSSR count). The molecule has 2 N–H and O–H groups in total. The zero-order valence-electron chi connectivity index (χ0n) is 12.2. The van der Waals surface area contributed by atoms with Crippen molar-refractivity contribution in [1.29, 1.82) is 0 Å². The molecule has 0 aliphatic carbocycles. The first kappa shape index (κ1) is 16.4. The van der Waals surface area contributed by atoms with Crippen LogP contribution in [-0.2, 0) is 6.54 Å². The lowest BCUT2D eigenvalue weighted by Crippen LogP contribution is -2.47. The second kappa shape index (κ2) is 7.21. The van der Waals surface area contributed by atoms with Crippen LogP contribution in [0.15, 0.2) is 18.2 Å². The average molecular weight is 282 g/mol. The summed E-state index contributed by atoms with van der Waals surface area (Å²) in [7, 11) is 1.53. The van der Waals surface area contributed by atoms with E-state index in [1.807, 2.05) is 13.8 Å². The van der Waals surface area contributed by atoms with Gasteiger partial charge in [0.15, 0.2) is 0 Å². The fourth-order valence-electron chi connectivity index (χ4n) is 2.08. The molecule has 0 aromatic heterocycles. The van der Waals surface area contributed by atoms with Gasteiger partial charge < -0.3 is 15.2 Å². The number of nitro benzene ring substituents is 1. The van der Waals surface area contributed by atoms with E-state index in [4.69, 9.17) is 4.74 Å². The van der Waals surface area contributed by atoms with E-state index in [0.29, 0.717) is 17.9 Å². The third-order valence-electron chi connectivity index (χ3n) is 3.78. The van der Waals surface area contributed by atoms with Gasteiger partial charge in [-0.2, -0.15) is 0 Å². The zero-order valence-corrected chi connectivity index (χ0v) is 12.2. The SMILES string of the molecule is CCC(CC)(CO)NCc1cc([N+](=O)[O-])ccc1OC. The number of non-ortho nitro benzene ring substituents is 1. The van der Waals surface area contributed by atoms with Crippen molar-refractivity contribution in [2.75, 3.05) is 13.7 Å². The molecule has 0 aliphatic heterocycles. The molecule has 0 atom stereocenters. The molecule has 1 aromatic rings. The predicted molar refractivity (Wildman–Crippen MR) is 76.9 cm³/mol. The Bertz CT molecular complexity index is 450. The van der Waals surface area contributed by atoms with Crippen molar-refractivity contribution in [3.8, 4) is 5.75 Å². The third kappa shape index (κ3) is 3.68. The number of aliphatic hydroxyl groups is 1. The molecular formula is C14H22N2O4. The lowest BCUT2D eigenvalue weighted by Gasteiger charge is -2.31. The molecule has 0 bridgehead atoms. The Hall–Kier alpha value is -1.66. The number of rotatable bonds is 8. The van der Waals surface area contributed by atoms with Gasteiger partial charge >= 0.3 is 0 Å². The maximum absolute atomic E-state index is 10.8. The number of ether oxygens (including phenoxy) is 1. The fourth-order valence-corrected chi connectivity index (χ4v) is 2.08. The van der Waals surface area contributed by atoms with Crippen molar-refractivity contribution in [3.05, 3.63) is 33.9 Å². The zero-order chi connectivity index (χ0) is 15.2. The number of hydrogen-bond donors (Lipinski definition) is 2. The molecule has 6 nitrogen and oxygen atoms in total. The molecule has 0 saturated carbocycles. The number of nitrogens with zero attached hydrogens (tertiary/aromatic N) is 1.